The number of likely N-dealkylation sites (tertiary alicyclic amines) is 1. The minimum absolute atomic E-state index is 0.256. The summed E-state index contributed by atoms with van der Waals surface area (Å²) in [6.45, 7) is 4.31. The maximum atomic E-state index is 13.0. The maximum absolute atomic E-state index is 13.0. The number of carbonyl (C=O) groups excluding carboxylic acids is 1. The standard InChI is InChI=1S/C18H22F3NO4/c1-10(2)12-5-4-6-13(7-12)26-11(3)16(23)22-8-14(17(24)25)15(9-22)18(19,20)21/h4-7,10-11,14-15H,8-9H2,1-3H3,(H,24,25)/t11?,14-,15-/m1/s1. The average molecular weight is 373 g/mol. The number of alkyl halides is 3. The van der Waals surface area contributed by atoms with Crippen LogP contribution in [0.2, 0.25) is 0 Å². The summed E-state index contributed by atoms with van der Waals surface area (Å²) in [6.07, 6.45) is -5.69. The van der Waals surface area contributed by atoms with Crippen molar-refractivity contribution >= 4 is 11.9 Å². The monoisotopic (exact) mass is 373 g/mol. The van der Waals surface area contributed by atoms with Gasteiger partial charge in [0.15, 0.2) is 6.10 Å². The van der Waals surface area contributed by atoms with Crippen LogP contribution < -0.4 is 4.74 Å². The molecule has 1 aromatic carbocycles. The van der Waals surface area contributed by atoms with Crippen LogP contribution in [0.25, 0.3) is 0 Å². The normalized spacial score (nSPS) is 21.7. The Morgan fingerprint density at radius 2 is 1.88 bits per heavy atom. The van der Waals surface area contributed by atoms with Crippen LogP contribution in [0.5, 0.6) is 5.75 Å². The van der Waals surface area contributed by atoms with E-state index in [1.165, 1.54) is 6.92 Å². The fourth-order valence-corrected chi connectivity index (χ4v) is 3.02. The molecule has 1 aliphatic heterocycles. The van der Waals surface area contributed by atoms with Crippen molar-refractivity contribution in [1.82, 2.24) is 4.90 Å². The summed E-state index contributed by atoms with van der Waals surface area (Å²) < 4.78 is 44.7. The molecule has 1 heterocycles. The van der Waals surface area contributed by atoms with E-state index in [0.29, 0.717) is 5.75 Å². The van der Waals surface area contributed by atoms with Gasteiger partial charge in [-0.25, -0.2) is 0 Å². The van der Waals surface area contributed by atoms with E-state index in [2.05, 4.69) is 0 Å². The third-order valence-electron chi connectivity index (χ3n) is 4.55. The zero-order valence-electron chi connectivity index (χ0n) is 14.8. The molecule has 0 aliphatic carbocycles. The van der Waals surface area contributed by atoms with E-state index >= 15 is 0 Å². The summed E-state index contributed by atoms with van der Waals surface area (Å²) in [5.41, 5.74) is 1.01. The quantitative estimate of drug-likeness (QED) is 0.860. The molecule has 1 unspecified atom stereocenters. The molecule has 0 spiro atoms. The minimum atomic E-state index is -4.67. The number of ether oxygens (including phenoxy) is 1. The van der Waals surface area contributed by atoms with Crippen LogP contribution in [0, 0.1) is 11.8 Å². The second-order valence-corrected chi connectivity index (χ2v) is 6.82. The van der Waals surface area contributed by atoms with E-state index in [1.54, 1.807) is 18.2 Å². The van der Waals surface area contributed by atoms with Gasteiger partial charge >= 0.3 is 12.1 Å². The Morgan fingerprint density at radius 3 is 2.38 bits per heavy atom. The predicted octanol–water partition coefficient (Wildman–Crippen LogP) is 3.30. The van der Waals surface area contributed by atoms with E-state index < -0.39 is 49.1 Å². The van der Waals surface area contributed by atoms with E-state index in [-0.39, 0.29) is 5.92 Å². The maximum Gasteiger partial charge on any atom is 0.394 e. The van der Waals surface area contributed by atoms with Gasteiger partial charge in [0.05, 0.1) is 11.8 Å². The van der Waals surface area contributed by atoms with Gasteiger partial charge in [0.1, 0.15) is 5.75 Å². The SMILES string of the molecule is CC(Oc1cccc(C(C)C)c1)C(=O)N1C[C@@H](C(F)(F)F)[C@H](C(=O)O)C1. The number of amides is 1. The van der Waals surface area contributed by atoms with Gasteiger partial charge in [-0.2, -0.15) is 13.2 Å². The molecule has 1 fully saturated rings. The van der Waals surface area contributed by atoms with Crippen molar-refractivity contribution < 1.29 is 32.6 Å². The van der Waals surface area contributed by atoms with Crippen LogP contribution in [0.4, 0.5) is 13.2 Å². The Kier molecular flexibility index (Phi) is 5.83. The minimum Gasteiger partial charge on any atom is -0.481 e. The number of nitrogens with zero attached hydrogens (tertiary/aromatic N) is 1. The van der Waals surface area contributed by atoms with Crippen molar-refractivity contribution in [2.75, 3.05) is 13.1 Å². The predicted molar refractivity (Wildman–Crippen MR) is 87.9 cm³/mol. The lowest BCUT2D eigenvalue weighted by Crippen LogP contribution is -2.40. The number of aliphatic carboxylic acids is 1. The van der Waals surface area contributed by atoms with Gasteiger partial charge < -0.3 is 14.7 Å². The van der Waals surface area contributed by atoms with Gasteiger partial charge in [-0.15, -0.1) is 0 Å². The average Bonchev–Trinajstić information content (AvgIpc) is 3.00. The summed E-state index contributed by atoms with van der Waals surface area (Å²) in [7, 11) is 0. The first kappa shape index (κ1) is 20.1. The number of hydrogen-bond acceptors (Lipinski definition) is 3. The number of halogens is 3. The summed E-state index contributed by atoms with van der Waals surface area (Å²) >= 11 is 0. The fourth-order valence-electron chi connectivity index (χ4n) is 3.02. The molecule has 1 saturated heterocycles. The molecule has 0 aromatic heterocycles. The Hall–Kier alpha value is -2.25. The molecular formula is C18H22F3NO4. The van der Waals surface area contributed by atoms with E-state index in [0.717, 1.165) is 10.5 Å². The first-order chi connectivity index (χ1) is 12.0. The molecule has 0 saturated carbocycles. The molecule has 0 bridgehead atoms. The zero-order valence-corrected chi connectivity index (χ0v) is 14.8. The lowest BCUT2D eigenvalue weighted by atomic mass is 9.96. The first-order valence-corrected chi connectivity index (χ1v) is 8.35. The molecular weight excluding hydrogens is 351 g/mol. The Labute approximate surface area is 149 Å². The van der Waals surface area contributed by atoms with Crippen LogP contribution in [0.1, 0.15) is 32.3 Å². The van der Waals surface area contributed by atoms with Gasteiger partial charge in [-0.3, -0.25) is 9.59 Å². The summed E-state index contributed by atoms with van der Waals surface area (Å²) in [5, 5.41) is 9.03. The molecule has 2 rings (SSSR count). The fraction of sp³-hybridized carbons (Fsp3) is 0.556. The van der Waals surface area contributed by atoms with Gasteiger partial charge in [0, 0.05) is 13.1 Å². The lowest BCUT2D eigenvalue weighted by molar-refractivity contribution is -0.188. The van der Waals surface area contributed by atoms with Crippen LogP contribution >= 0.6 is 0 Å². The molecule has 0 radical (unpaired) electrons. The van der Waals surface area contributed by atoms with E-state index in [4.69, 9.17) is 9.84 Å². The van der Waals surface area contributed by atoms with Gasteiger partial charge in [0.2, 0.25) is 0 Å². The smallest absolute Gasteiger partial charge is 0.394 e. The highest BCUT2D eigenvalue weighted by Crippen LogP contribution is 2.38. The summed E-state index contributed by atoms with van der Waals surface area (Å²) in [4.78, 5) is 24.5. The topological polar surface area (TPSA) is 66.8 Å². The van der Waals surface area contributed by atoms with Crippen LogP contribution in [0.3, 0.4) is 0 Å². The van der Waals surface area contributed by atoms with Crippen LogP contribution in [-0.4, -0.2) is 47.3 Å². The number of carboxylic acids is 1. The third kappa shape index (κ3) is 4.47. The highest BCUT2D eigenvalue weighted by molar-refractivity contribution is 5.82. The van der Waals surface area contributed by atoms with Crippen molar-refractivity contribution in [1.29, 1.82) is 0 Å². The number of carbonyl (C=O) groups is 2. The molecule has 1 aromatic rings. The molecule has 26 heavy (non-hydrogen) atoms. The van der Waals surface area contributed by atoms with Crippen LogP contribution in [0.15, 0.2) is 24.3 Å². The van der Waals surface area contributed by atoms with Gasteiger partial charge in [-0.1, -0.05) is 26.0 Å². The third-order valence-corrected chi connectivity index (χ3v) is 4.55. The number of carboxylic acid groups (broad SMARTS) is 1. The van der Waals surface area contributed by atoms with E-state index in [9.17, 15) is 22.8 Å². The Bertz CT molecular complexity index is 675. The second kappa shape index (κ2) is 7.55. The van der Waals surface area contributed by atoms with Gasteiger partial charge in [-0.05, 0) is 30.5 Å². The summed E-state index contributed by atoms with van der Waals surface area (Å²) in [5.74, 6) is -5.24. The molecule has 8 heteroatoms. The molecule has 3 atom stereocenters. The highest BCUT2D eigenvalue weighted by atomic mass is 19.4. The lowest BCUT2D eigenvalue weighted by Gasteiger charge is -2.22. The van der Waals surface area contributed by atoms with Crippen molar-refractivity contribution in [3.63, 3.8) is 0 Å². The van der Waals surface area contributed by atoms with Crippen molar-refractivity contribution in [2.24, 2.45) is 11.8 Å². The number of hydrogen-bond donors (Lipinski definition) is 1. The van der Waals surface area contributed by atoms with Crippen molar-refractivity contribution in [3.05, 3.63) is 29.8 Å². The molecule has 1 aliphatic rings. The Morgan fingerprint density at radius 1 is 1.23 bits per heavy atom. The van der Waals surface area contributed by atoms with E-state index in [1.807, 2.05) is 19.9 Å². The van der Waals surface area contributed by atoms with Crippen molar-refractivity contribution in [2.45, 2.75) is 39.0 Å². The molecule has 5 nitrogen and oxygen atoms in total. The molecule has 1 N–H and O–H groups in total. The summed E-state index contributed by atoms with van der Waals surface area (Å²) in [6, 6.07) is 7.13. The highest BCUT2D eigenvalue weighted by Gasteiger charge is 2.53. The molecule has 1 amide bonds. The number of benzene rings is 1. The largest absolute Gasteiger partial charge is 0.481 e. The Balaban J connectivity index is 2.08. The van der Waals surface area contributed by atoms with Gasteiger partial charge in [0.25, 0.3) is 5.91 Å². The zero-order chi connectivity index (χ0) is 19.6. The molecule has 144 valence electrons. The number of rotatable bonds is 5. The van der Waals surface area contributed by atoms with Crippen molar-refractivity contribution in [3.8, 4) is 5.75 Å². The van der Waals surface area contributed by atoms with Crippen LogP contribution in [-0.2, 0) is 9.59 Å². The first-order valence-electron chi connectivity index (χ1n) is 8.35. The second-order valence-electron chi connectivity index (χ2n) is 6.82.